The molecule has 1 aromatic heterocycles. The number of hydrogen-bond donors (Lipinski definition) is 0. The van der Waals surface area contributed by atoms with Crippen molar-refractivity contribution in [1.82, 2.24) is 0 Å². The normalized spacial score (nSPS) is 16.9. The number of thiophene rings is 1. The predicted molar refractivity (Wildman–Crippen MR) is 225 cm³/mol. The van der Waals surface area contributed by atoms with Crippen LogP contribution in [0.15, 0.2) is 181 Å². The molecular formula is C51H41NS. The van der Waals surface area contributed by atoms with Crippen molar-refractivity contribution in [2.75, 3.05) is 4.90 Å². The monoisotopic (exact) mass is 699 g/mol. The lowest BCUT2D eigenvalue weighted by Crippen LogP contribution is -2.29. The van der Waals surface area contributed by atoms with E-state index in [1.165, 1.54) is 87.7 Å². The van der Waals surface area contributed by atoms with Gasteiger partial charge in [-0.15, -0.1) is 11.3 Å². The maximum absolute atomic E-state index is 2.52. The third-order valence-corrected chi connectivity index (χ3v) is 13.0. The van der Waals surface area contributed by atoms with Crippen LogP contribution in [0.5, 0.6) is 0 Å². The number of nitrogens with zero attached hydrogens (tertiary/aromatic N) is 1. The minimum absolute atomic E-state index is 0.441. The predicted octanol–water partition coefficient (Wildman–Crippen LogP) is 14.0. The molecule has 6 aromatic carbocycles. The highest BCUT2D eigenvalue weighted by atomic mass is 32.1. The van der Waals surface area contributed by atoms with Gasteiger partial charge in [-0.1, -0.05) is 146 Å². The van der Waals surface area contributed by atoms with Crippen LogP contribution in [0.4, 0.5) is 11.4 Å². The Balaban J connectivity index is 1.14. The Morgan fingerprint density at radius 3 is 2.06 bits per heavy atom. The van der Waals surface area contributed by atoms with Gasteiger partial charge in [-0.2, -0.15) is 0 Å². The van der Waals surface area contributed by atoms with Gasteiger partial charge >= 0.3 is 0 Å². The molecule has 0 radical (unpaired) electrons. The van der Waals surface area contributed by atoms with Crippen molar-refractivity contribution in [3.63, 3.8) is 0 Å². The lowest BCUT2D eigenvalue weighted by Gasteiger charge is -2.35. The smallest absolute Gasteiger partial charge is 0.0714 e. The van der Waals surface area contributed by atoms with Crippen molar-refractivity contribution in [2.24, 2.45) is 0 Å². The van der Waals surface area contributed by atoms with E-state index in [2.05, 4.69) is 189 Å². The summed E-state index contributed by atoms with van der Waals surface area (Å²) in [5, 5.41) is 1.42. The SMILES string of the molecule is CC1=CCCC(N(c2ccc(C3=CC[C@@H](C)c4c3sc3ccccc43)cc2)c2ccc3c(c2)C(c2ccccc2)(c2ccccc2)c2ccccc2-3)=C1. The molecule has 7 aromatic rings. The van der Waals surface area contributed by atoms with Gasteiger partial charge in [-0.3, -0.25) is 0 Å². The first kappa shape index (κ1) is 32.0. The Hall–Kier alpha value is -5.70. The fourth-order valence-corrected chi connectivity index (χ4v) is 10.8. The van der Waals surface area contributed by atoms with E-state index in [4.69, 9.17) is 0 Å². The Morgan fingerprint density at radius 1 is 0.642 bits per heavy atom. The molecule has 3 aliphatic carbocycles. The van der Waals surface area contributed by atoms with Gasteiger partial charge in [0.15, 0.2) is 0 Å². The summed E-state index contributed by atoms with van der Waals surface area (Å²) in [5.74, 6) is 0.527. The van der Waals surface area contributed by atoms with Crippen molar-refractivity contribution in [3.05, 3.63) is 219 Å². The molecule has 0 saturated heterocycles. The number of hydrogen-bond acceptors (Lipinski definition) is 2. The molecule has 0 amide bonds. The van der Waals surface area contributed by atoms with E-state index in [-0.39, 0.29) is 0 Å². The van der Waals surface area contributed by atoms with Crippen molar-refractivity contribution in [1.29, 1.82) is 0 Å². The molecule has 53 heavy (non-hydrogen) atoms. The fourth-order valence-electron chi connectivity index (χ4n) is 9.37. The molecule has 0 spiro atoms. The first-order valence-electron chi connectivity index (χ1n) is 19.0. The standard InChI is InChI=1S/C51H41NS/c1-34-14-13-19-40(32-34)52(39-27-25-36(26-28-39)42-30-24-35(2)49-45-21-10-12-23-48(45)53-50(42)49)41-29-31-44-43-20-9-11-22-46(43)51(47(44)33-41,37-15-5-3-6-16-37)38-17-7-4-8-18-38/h3-12,14-18,20-23,25-33,35H,13,19,24H2,1-2H3/t35-/m1/s1. The minimum Gasteiger partial charge on any atom is -0.314 e. The maximum Gasteiger partial charge on any atom is 0.0714 e. The van der Waals surface area contributed by atoms with Gasteiger partial charge in [0.25, 0.3) is 0 Å². The van der Waals surface area contributed by atoms with Crippen LogP contribution in [0.2, 0.25) is 0 Å². The van der Waals surface area contributed by atoms with Gasteiger partial charge in [-0.25, -0.2) is 0 Å². The summed E-state index contributed by atoms with van der Waals surface area (Å²) in [4.78, 5) is 3.95. The summed E-state index contributed by atoms with van der Waals surface area (Å²) in [6, 6.07) is 56.8. The van der Waals surface area contributed by atoms with E-state index in [1.54, 1.807) is 0 Å². The van der Waals surface area contributed by atoms with Crippen molar-refractivity contribution < 1.29 is 0 Å². The lowest BCUT2D eigenvalue weighted by molar-refractivity contribution is 0.768. The summed E-state index contributed by atoms with van der Waals surface area (Å²) < 4.78 is 1.38. The van der Waals surface area contributed by atoms with E-state index in [9.17, 15) is 0 Å². The molecule has 0 fully saturated rings. The largest absolute Gasteiger partial charge is 0.314 e. The van der Waals surface area contributed by atoms with Crippen LogP contribution in [-0.4, -0.2) is 0 Å². The second-order valence-corrected chi connectivity index (χ2v) is 15.9. The topological polar surface area (TPSA) is 3.24 Å². The van der Waals surface area contributed by atoms with E-state index in [0.717, 1.165) is 19.3 Å². The summed E-state index contributed by atoms with van der Waals surface area (Å²) in [6.07, 6.45) is 10.3. The molecule has 3 aliphatic rings. The summed E-state index contributed by atoms with van der Waals surface area (Å²) in [7, 11) is 0. The molecule has 0 saturated carbocycles. The van der Waals surface area contributed by atoms with E-state index < -0.39 is 5.41 Å². The zero-order valence-electron chi connectivity index (χ0n) is 30.2. The number of anilines is 2. The molecule has 2 heteroatoms. The molecule has 256 valence electrons. The maximum atomic E-state index is 2.52. The molecule has 1 nitrogen and oxygen atoms in total. The third kappa shape index (κ3) is 5.04. The molecule has 0 bridgehead atoms. The second kappa shape index (κ2) is 12.8. The van der Waals surface area contributed by atoms with Crippen LogP contribution in [0.1, 0.15) is 77.3 Å². The summed E-state index contributed by atoms with van der Waals surface area (Å²) in [6.45, 7) is 4.61. The van der Waals surface area contributed by atoms with Crippen LogP contribution in [0.3, 0.4) is 0 Å². The van der Waals surface area contributed by atoms with E-state index >= 15 is 0 Å². The molecule has 0 unspecified atom stereocenters. The van der Waals surface area contributed by atoms with Crippen LogP contribution in [0, 0.1) is 0 Å². The van der Waals surface area contributed by atoms with Gasteiger partial charge in [0, 0.05) is 26.6 Å². The zero-order chi connectivity index (χ0) is 35.5. The highest BCUT2D eigenvalue weighted by molar-refractivity contribution is 7.20. The van der Waals surface area contributed by atoms with Gasteiger partial charge in [0.1, 0.15) is 0 Å². The quantitative estimate of drug-likeness (QED) is 0.167. The second-order valence-electron chi connectivity index (χ2n) is 14.9. The zero-order valence-corrected chi connectivity index (χ0v) is 31.0. The van der Waals surface area contributed by atoms with Gasteiger partial charge in [0.05, 0.1) is 5.41 Å². The van der Waals surface area contributed by atoms with Crippen LogP contribution in [-0.2, 0) is 5.41 Å². The highest BCUT2D eigenvalue weighted by Gasteiger charge is 2.46. The Morgan fingerprint density at radius 2 is 1.30 bits per heavy atom. The number of benzene rings is 6. The highest BCUT2D eigenvalue weighted by Crippen LogP contribution is 2.57. The average Bonchev–Trinajstić information content (AvgIpc) is 3.74. The van der Waals surface area contributed by atoms with E-state index in [0.29, 0.717) is 5.92 Å². The number of allylic oxidation sites excluding steroid dienone is 5. The van der Waals surface area contributed by atoms with Crippen LogP contribution >= 0.6 is 11.3 Å². The van der Waals surface area contributed by atoms with Crippen LogP contribution < -0.4 is 4.90 Å². The first-order chi connectivity index (χ1) is 26.1. The van der Waals surface area contributed by atoms with Gasteiger partial charge in [-0.05, 0) is 124 Å². The van der Waals surface area contributed by atoms with Crippen molar-refractivity contribution >= 4 is 38.4 Å². The Bertz CT molecular complexity index is 2560. The van der Waals surface area contributed by atoms with Crippen LogP contribution in [0.25, 0.3) is 26.8 Å². The molecule has 1 heterocycles. The fraction of sp³-hybridized carbons (Fsp3) is 0.137. The first-order valence-corrected chi connectivity index (χ1v) is 19.8. The minimum atomic E-state index is -0.441. The van der Waals surface area contributed by atoms with Gasteiger partial charge < -0.3 is 4.90 Å². The summed E-state index contributed by atoms with van der Waals surface area (Å²) in [5.41, 5.74) is 16.6. The van der Waals surface area contributed by atoms with E-state index in [1.807, 2.05) is 11.3 Å². The molecule has 10 rings (SSSR count). The van der Waals surface area contributed by atoms with Crippen molar-refractivity contribution in [3.8, 4) is 11.1 Å². The summed E-state index contributed by atoms with van der Waals surface area (Å²) >= 11 is 1.94. The molecule has 0 aliphatic heterocycles. The van der Waals surface area contributed by atoms with Gasteiger partial charge in [0.2, 0.25) is 0 Å². The number of rotatable bonds is 6. The molecular weight excluding hydrogens is 659 g/mol. The lowest BCUT2D eigenvalue weighted by atomic mass is 9.67. The Kier molecular flexibility index (Phi) is 7.70. The molecule has 1 atom stereocenters. The average molecular weight is 700 g/mol. The Labute approximate surface area is 316 Å². The number of fused-ring (bicyclic) bond motifs is 6. The molecule has 0 N–H and O–H groups in total. The third-order valence-electron chi connectivity index (χ3n) is 11.7. The van der Waals surface area contributed by atoms with Crippen molar-refractivity contribution in [2.45, 2.75) is 44.4 Å².